The molecule has 4 rings (SSSR count). The molecule has 31 heavy (non-hydrogen) atoms. The zero-order valence-corrected chi connectivity index (χ0v) is 17.9. The van der Waals surface area contributed by atoms with Crippen LogP contribution < -0.4 is 5.32 Å². The lowest BCUT2D eigenvalue weighted by Gasteiger charge is -2.23. The number of nitrogens with zero attached hydrogens (tertiary/aromatic N) is 4. The first-order valence-corrected chi connectivity index (χ1v) is 10.8. The van der Waals surface area contributed by atoms with Crippen LogP contribution in [0.15, 0.2) is 24.4 Å². The number of carbonyl (C=O) groups excluding carboxylic acids is 2. The standard InChI is InChI=1S/C23H27N5O3/c1-3-19(16-6-7-17(12-24)25-13-16)26-22(29)20-11-18(21-14-31-10-9-28(20)21)23(30)27-8-4-5-15(27)2/h6-7,11,13,15,19H,3-5,8-10,14H2,1-2H3,(H,26,29)/t15?,19-/m1/s1. The Balaban J connectivity index is 1.60. The van der Waals surface area contributed by atoms with E-state index in [0.29, 0.717) is 43.1 Å². The normalized spacial score (nSPS) is 18.9. The van der Waals surface area contributed by atoms with Crippen LogP contribution in [0.3, 0.4) is 0 Å². The number of pyridine rings is 1. The molecule has 2 aromatic heterocycles. The lowest BCUT2D eigenvalue weighted by Crippen LogP contribution is -2.34. The Hall–Kier alpha value is -3.18. The van der Waals surface area contributed by atoms with Crippen molar-refractivity contribution in [3.8, 4) is 6.07 Å². The van der Waals surface area contributed by atoms with E-state index >= 15 is 0 Å². The summed E-state index contributed by atoms with van der Waals surface area (Å²) in [5.74, 6) is -0.255. The number of ether oxygens (including phenoxy) is 1. The van der Waals surface area contributed by atoms with Crippen molar-refractivity contribution in [3.05, 3.63) is 52.6 Å². The molecule has 0 bridgehead atoms. The van der Waals surface area contributed by atoms with Crippen LogP contribution in [0, 0.1) is 11.3 Å². The van der Waals surface area contributed by atoms with Crippen molar-refractivity contribution in [3.63, 3.8) is 0 Å². The van der Waals surface area contributed by atoms with E-state index in [1.807, 2.05) is 28.5 Å². The number of amides is 2. The van der Waals surface area contributed by atoms with Gasteiger partial charge in [-0.25, -0.2) is 4.98 Å². The van der Waals surface area contributed by atoms with Crippen LogP contribution in [0.25, 0.3) is 0 Å². The fourth-order valence-corrected chi connectivity index (χ4v) is 4.42. The predicted molar refractivity (Wildman–Crippen MR) is 113 cm³/mol. The van der Waals surface area contributed by atoms with Gasteiger partial charge in [-0.1, -0.05) is 13.0 Å². The van der Waals surface area contributed by atoms with Crippen molar-refractivity contribution in [2.24, 2.45) is 0 Å². The van der Waals surface area contributed by atoms with Gasteiger partial charge >= 0.3 is 0 Å². The lowest BCUT2D eigenvalue weighted by molar-refractivity contribution is 0.0696. The van der Waals surface area contributed by atoms with Gasteiger partial charge in [0.1, 0.15) is 17.5 Å². The molecule has 1 fully saturated rings. The minimum absolute atomic E-state index is 0.0263. The van der Waals surface area contributed by atoms with Gasteiger partial charge in [-0.3, -0.25) is 9.59 Å². The maximum absolute atomic E-state index is 13.2. The van der Waals surface area contributed by atoms with Crippen molar-refractivity contribution >= 4 is 11.8 Å². The summed E-state index contributed by atoms with van der Waals surface area (Å²) in [6.45, 7) is 6.16. The number of rotatable bonds is 5. The van der Waals surface area contributed by atoms with Gasteiger partial charge in [0.25, 0.3) is 11.8 Å². The van der Waals surface area contributed by atoms with Gasteiger partial charge < -0.3 is 19.5 Å². The molecule has 8 heteroatoms. The Labute approximate surface area is 181 Å². The fourth-order valence-electron chi connectivity index (χ4n) is 4.42. The predicted octanol–water partition coefficient (Wildman–Crippen LogP) is 2.79. The molecule has 2 amide bonds. The molecule has 8 nitrogen and oxygen atoms in total. The van der Waals surface area contributed by atoms with Crippen LogP contribution in [0.1, 0.15) is 76.9 Å². The quantitative estimate of drug-likeness (QED) is 0.800. The number of nitriles is 1. The van der Waals surface area contributed by atoms with E-state index in [4.69, 9.17) is 10.00 Å². The molecule has 4 heterocycles. The fraction of sp³-hybridized carbons (Fsp3) is 0.478. The molecule has 2 aliphatic heterocycles. The third-order valence-corrected chi connectivity index (χ3v) is 6.20. The maximum atomic E-state index is 13.2. The van der Waals surface area contributed by atoms with E-state index in [1.165, 1.54) is 0 Å². The van der Waals surface area contributed by atoms with Crippen molar-refractivity contribution < 1.29 is 14.3 Å². The minimum atomic E-state index is -0.239. The summed E-state index contributed by atoms with van der Waals surface area (Å²) >= 11 is 0. The number of fused-ring (bicyclic) bond motifs is 1. The SMILES string of the molecule is CC[C@@H](NC(=O)c1cc(C(=O)N2CCCC2C)c2n1CCOC2)c1ccc(C#N)nc1. The van der Waals surface area contributed by atoms with Gasteiger partial charge in [-0.15, -0.1) is 0 Å². The third kappa shape index (κ3) is 4.06. The highest BCUT2D eigenvalue weighted by molar-refractivity contribution is 6.01. The number of aromatic nitrogens is 2. The first kappa shape index (κ1) is 21.1. The summed E-state index contributed by atoms with van der Waals surface area (Å²) in [7, 11) is 0. The molecule has 0 saturated carbocycles. The van der Waals surface area contributed by atoms with Crippen LogP contribution in [-0.2, 0) is 17.9 Å². The minimum Gasteiger partial charge on any atom is -0.373 e. The summed E-state index contributed by atoms with van der Waals surface area (Å²) in [5, 5.41) is 12.0. The van der Waals surface area contributed by atoms with Crippen molar-refractivity contribution in [2.45, 2.75) is 58.3 Å². The van der Waals surface area contributed by atoms with Gasteiger partial charge in [-0.2, -0.15) is 5.26 Å². The molecule has 2 aliphatic rings. The lowest BCUT2D eigenvalue weighted by atomic mass is 10.1. The Kier molecular flexibility index (Phi) is 6.05. The molecule has 1 saturated heterocycles. The topological polar surface area (TPSA) is 100 Å². The molecule has 162 valence electrons. The molecule has 1 unspecified atom stereocenters. The zero-order valence-electron chi connectivity index (χ0n) is 17.9. The van der Waals surface area contributed by atoms with Gasteiger partial charge in [-0.05, 0) is 43.9 Å². The highest BCUT2D eigenvalue weighted by Gasteiger charge is 2.32. The summed E-state index contributed by atoms with van der Waals surface area (Å²) in [5.41, 5.74) is 2.99. The first-order chi connectivity index (χ1) is 15.0. The van der Waals surface area contributed by atoms with E-state index in [-0.39, 0.29) is 23.9 Å². The second-order valence-electron chi connectivity index (χ2n) is 8.11. The number of hydrogen-bond donors (Lipinski definition) is 1. The number of nitrogens with one attached hydrogen (secondary N) is 1. The van der Waals surface area contributed by atoms with Crippen LogP contribution in [-0.4, -0.2) is 45.5 Å². The highest BCUT2D eigenvalue weighted by Crippen LogP contribution is 2.27. The summed E-state index contributed by atoms with van der Waals surface area (Å²) in [6.07, 6.45) is 4.30. The molecule has 2 aromatic rings. The highest BCUT2D eigenvalue weighted by atomic mass is 16.5. The summed E-state index contributed by atoms with van der Waals surface area (Å²) in [6, 6.07) is 7.15. The Morgan fingerprint density at radius 3 is 2.87 bits per heavy atom. The molecule has 0 spiro atoms. The first-order valence-electron chi connectivity index (χ1n) is 10.8. The van der Waals surface area contributed by atoms with Gasteiger partial charge in [0.05, 0.1) is 30.5 Å². The smallest absolute Gasteiger partial charge is 0.268 e. The maximum Gasteiger partial charge on any atom is 0.268 e. The van der Waals surface area contributed by atoms with Crippen molar-refractivity contribution in [2.75, 3.05) is 13.2 Å². The third-order valence-electron chi connectivity index (χ3n) is 6.20. The van der Waals surface area contributed by atoms with Crippen LogP contribution in [0.4, 0.5) is 0 Å². The largest absolute Gasteiger partial charge is 0.373 e. The van der Waals surface area contributed by atoms with Crippen LogP contribution in [0.5, 0.6) is 0 Å². The number of hydrogen-bond acceptors (Lipinski definition) is 5. The Bertz CT molecular complexity index is 1020. The number of carbonyl (C=O) groups is 2. The van der Waals surface area contributed by atoms with Crippen LogP contribution >= 0.6 is 0 Å². The zero-order chi connectivity index (χ0) is 22.0. The van der Waals surface area contributed by atoms with Crippen molar-refractivity contribution in [1.29, 1.82) is 5.26 Å². The van der Waals surface area contributed by atoms with E-state index in [9.17, 15) is 9.59 Å². The molecule has 0 aromatic carbocycles. The molecule has 0 aliphatic carbocycles. The molecule has 0 radical (unpaired) electrons. The molecular weight excluding hydrogens is 394 g/mol. The van der Waals surface area contributed by atoms with Gasteiger partial charge in [0.15, 0.2) is 0 Å². The summed E-state index contributed by atoms with van der Waals surface area (Å²) in [4.78, 5) is 32.5. The van der Waals surface area contributed by atoms with Crippen LogP contribution in [0.2, 0.25) is 0 Å². The molecular formula is C23H27N5O3. The van der Waals surface area contributed by atoms with Crippen molar-refractivity contribution in [1.82, 2.24) is 19.8 Å². The Morgan fingerprint density at radius 1 is 1.39 bits per heavy atom. The second-order valence-corrected chi connectivity index (χ2v) is 8.11. The van der Waals surface area contributed by atoms with E-state index in [2.05, 4.69) is 17.2 Å². The van der Waals surface area contributed by atoms with E-state index in [1.54, 1.807) is 18.3 Å². The number of likely N-dealkylation sites (tertiary alicyclic amines) is 1. The Morgan fingerprint density at radius 2 is 2.23 bits per heavy atom. The van der Waals surface area contributed by atoms with Gasteiger partial charge in [0.2, 0.25) is 0 Å². The molecule has 2 atom stereocenters. The second kappa shape index (κ2) is 8.90. The van der Waals surface area contributed by atoms with Gasteiger partial charge in [0, 0.05) is 25.3 Å². The summed E-state index contributed by atoms with van der Waals surface area (Å²) < 4.78 is 7.52. The molecule has 1 N–H and O–H groups in total. The average molecular weight is 422 g/mol. The average Bonchev–Trinajstić information content (AvgIpc) is 3.41. The van der Waals surface area contributed by atoms with E-state index in [0.717, 1.165) is 30.6 Å². The van der Waals surface area contributed by atoms with E-state index < -0.39 is 0 Å². The monoisotopic (exact) mass is 421 g/mol.